The number of aromatic nitrogens is 2. The summed E-state index contributed by atoms with van der Waals surface area (Å²) in [5, 5.41) is 8.71. The van der Waals surface area contributed by atoms with Crippen LogP contribution >= 0.6 is 0 Å². The maximum atomic E-state index is 5.93. The number of hydrogen-bond acceptors (Lipinski definition) is 8. The van der Waals surface area contributed by atoms with Crippen LogP contribution < -0.4 is 4.74 Å². The number of benzene rings is 1. The Morgan fingerprint density at radius 1 is 1.06 bits per heavy atom. The Kier molecular flexibility index (Phi) is 8.35. The van der Waals surface area contributed by atoms with E-state index in [1.54, 1.807) is 34.7 Å². The van der Waals surface area contributed by atoms with E-state index in [-0.39, 0.29) is 24.2 Å². The van der Waals surface area contributed by atoms with Crippen LogP contribution in [0.25, 0.3) is 16.8 Å². The second kappa shape index (κ2) is 11.6. The third kappa shape index (κ3) is 5.65. The normalized spacial score (nSPS) is 28.8. The predicted molar refractivity (Wildman–Crippen MR) is 132 cm³/mol. The predicted octanol–water partition coefficient (Wildman–Crippen LogP) is 3.77. The van der Waals surface area contributed by atoms with E-state index in [1.807, 2.05) is 54.3 Å². The van der Waals surface area contributed by atoms with Gasteiger partial charge in [0.15, 0.2) is 6.10 Å². The van der Waals surface area contributed by atoms with E-state index >= 15 is 0 Å². The second-order valence-corrected chi connectivity index (χ2v) is 8.46. The summed E-state index contributed by atoms with van der Waals surface area (Å²) in [6.45, 7) is 1.91. The van der Waals surface area contributed by atoms with E-state index in [1.165, 1.54) is 0 Å². The van der Waals surface area contributed by atoms with Crippen molar-refractivity contribution in [3.05, 3.63) is 54.9 Å². The third-order valence-electron chi connectivity index (χ3n) is 6.32. The van der Waals surface area contributed by atoms with Gasteiger partial charge in [0.25, 0.3) is 6.29 Å². The highest BCUT2D eigenvalue weighted by Crippen LogP contribution is 2.28. The lowest BCUT2D eigenvalue weighted by Crippen LogP contribution is -2.59. The van der Waals surface area contributed by atoms with E-state index in [9.17, 15) is 0 Å². The average molecular weight is 484 g/mol. The van der Waals surface area contributed by atoms with Crippen molar-refractivity contribution in [3.8, 4) is 16.9 Å². The van der Waals surface area contributed by atoms with Gasteiger partial charge in [-0.05, 0) is 37.1 Å². The molecule has 1 aromatic carbocycles. The molecule has 2 heterocycles. The first-order valence-electron chi connectivity index (χ1n) is 11.6. The number of ether oxygens (including phenoxy) is 5. The lowest BCUT2D eigenvalue weighted by Gasteiger charge is -2.42. The third-order valence-corrected chi connectivity index (χ3v) is 6.32. The molecular weight excluding hydrogens is 450 g/mol. The van der Waals surface area contributed by atoms with Crippen molar-refractivity contribution in [2.75, 3.05) is 28.4 Å². The van der Waals surface area contributed by atoms with Crippen LogP contribution in [0.15, 0.2) is 60.0 Å². The highest BCUT2D eigenvalue weighted by molar-refractivity contribution is 5.70. The van der Waals surface area contributed by atoms with Crippen LogP contribution in [0, 0.1) is 5.92 Å². The molecule has 1 aromatic heterocycles. The molecule has 1 aliphatic carbocycles. The Morgan fingerprint density at radius 3 is 2.54 bits per heavy atom. The number of rotatable bonds is 9. The van der Waals surface area contributed by atoms with Crippen molar-refractivity contribution in [1.82, 2.24) is 9.78 Å². The van der Waals surface area contributed by atoms with Crippen molar-refractivity contribution < 1.29 is 28.5 Å². The molecule has 0 bridgehead atoms. The zero-order valence-corrected chi connectivity index (χ0v) is 20.7. The lowest BCUT2D eigenvalue weighted by molar-refractivity contribution is -0.305. The molecule has 9 heteroatoms. The molecular formula is C26H33N3O6. The molecule has 0 radical (unpaired) electrons. The van der Waals surface area contributed by atoms with Gasteiger partial charge in [0.05, 0.1) is 31.3 Å². The van der Waals surface area contributed by atoms with Crippen LogP contribution in [0.5, 0.6) is 5.75 Å². The first-order chi connectivity index (χ1) is 17.1. The molecule has 0 spiro atoms. The minimum atomic E-state index is -0.694. The monoisotopic (exact) mass is 483 g/mol. The van der Waals surface area contributed by atoms with E-state index < -0.39 is 12.4 Å². The van der Waals surface area contributed by atoms with Crippen LogP contribution in [-0.4, -0.2) is 75.1 Å². The standard InChI is InChI=1S/C26H33N3O6/c1-17-23(31-3)24(32-4)25(33-5)26(34-17)35-28-14-18-9-11-21(12-10-18)29-16-20(15-27-29)19-7-6-8-22(13-19)30-2/h6-9,11-18,23-26H,10H2,1-5H3/b28-14+/t17-,18?,23-,24+,25+,26-/m0/s1. The molecule has 6 atom stereocenters. The molecule has 0 saturated carbocycles. The molecule has 35 heavy (non-hydrogen) atoms. The van der Waals surface area contributed by atoms with Crippen LogP contribution in [0.4, 0.5) is 0 Å². The van der Waals surface area contributed by atoms with Gasteiger partial charge in [0.2, 0.25) is 0 Å². The fourth-order valence-corrected chi connectivity index (χ4v) is 4.39. The van der Waals surface area contributed by atoms with Crippen molar-refractivity contribution in [2.45, 2.75) is 44.1 Å². The van der Waals surface area contributed by atoms with Gasteiger partial charge in [0.1, 0.15) is 18.0 Å². The maximum absolute atomic E-state index is 5.93. The summed E-state index contributed by atoms with van der Waals surface area (Å²) in [6, 6.07) is 7.93. The van der Waals surface area contributed by atoms with Gasteiger partial charge in [0, 0.05) is 39.0 Å². The van der Waals surface area contributed by atoms with Gasteiger partial charge in [-0.2, -0.15) is 5.10 Å². The van der Waals surface area contributed by atoms with Crippen LogP contribution in [0.2, 0.25) is 0 Å². The molecule has 2 aliphatic rings. The largest absolute Gasteiger partial charge is 0.497 e. The highest BCUT2D eigenvalue weighted by Gasteiger charge is 2.46. The smallest absolute Gasteiger partial charge is 0.256 e. The fourth-order valence-electron chi connectivity index (χ4n) is 4.39. The number of allylic oxidation sites excluding steroid dienone is 4. The van der Waals surface area contributed by atoms with Crippen LogP contribution in [-0.2, 0) is 23.8 Å². The minimum Gasteiger partial charge on any atom is -0.497 e. The zero-order valence-electron chi connectivity index (χ0n) is 20.7. The first-order valence-corrected chi connectivity index (χ1v) is 11.6. The topological polar surface area (TPSA) is 85.6 Å². The van der Waals surface area contributed by atoms with Gasteiger partial charge in [-0.1, -0.05) is 29.4 Å². The summed E-state index contributed by atoms with van der Waals surface area (Å²) in [7, 11) is 6.50. The molecule has 9 nitrogen and oxygen atoms in total. The summed E-state index contributed by atoms with van der Waals surface area (Å²) in [5.74, 6) is 0.914. The van der Waals surface area contributed by atoms with E-state index in [2.05, 4.69) is 22.4 Å². The van der Waals surface area contributed by atoms with Crippen molar-refractivity contribution >= 4 is 11.9 Å². The Morgan fingerprint density at radius 2 is 1.86 bits per heavy atom. The summed E-state index contributed by atoms with van der Waals surface area (Å²) in [4.78, 5) is 5.67. The number of nitrogens with zero attached hydrogens (tertiary/aromatic N) is 3. The highest BCUT2D eigenvalue weighted by atomic mass is 16.8. The van der Waals surface area contributed by atoms with E-state index in [0.717, 1.165) is 29.0 Å². The molecule has 0 amide bonds. The Labute approximate surface area is 205 Å². The summed E-state index contributed by atoms with van der Waals surface area (Å²) in [6.07, 6.45) is 10.6. The van der Waals surface area contributed by atoms with Gasteiger partial charge < -0.3 is 28.5 Å². The SMILES string of the molecule is COc1cccc(-c2cnn(C3=CCC(/C=N/O[C@@H]4O[C@@H](C)[C@H](OC)[C@@H](OC)[C@H]4OC)C=C3)c2)c1. The molecule has 1 saturated heterocycles. The molecule has 1 fully saturated rings. The first kappa shape index (κ1) is 25.1. The molecule has 1 unspecified atom stereocenters. The molecule has 1 aliphatic heterocycles. The number of oxime groups is 1. The average Bonchev–Trinajstić information content (AvgIpc) is 3.39. The molecule has 2 aromatic rings. The quantitative estimate of drug-likeness (QED) is 0.396. The summed E-state index contributed by atoms with van der Waals surface area (Å²) in [5.41, 5.74) is 3.08. The Bertz CT molecular complexity index is 1060. The summed E-state index contributed by atoms with van der Waals surface area (Å²) < 4.78 is 29.8. The Balaban J connectivity index is 1.35. The van der Waals surface area contributed by atoms with Crippen LogP contribution in [0.3, 0.4) is 0 Å². The van der Waals surface area contributed by atoms with E-state index in [0.29, 0.717) is 0 Å². The van der Waals surface area contributed by atoms with Crippen molar-refractivity contribution in [2.24, 2.45) is 11.1 Å². The van der Waals surface area contributed by atoms with Gasteiger partial charge in [-0.3, -0.25) is 0 Å². The van der Waals surface area contributed by atoms with Gasteiger partial charge >= 0.3 is 0 Å². The fraction of sp³-hybridized carbons (Fsp3) is 0.462. The van der Waals surface area contributed by atoms with E-state index in [4.69, 9.17) is 28.5 Å². The molecule has 188 valence electrons. The maximum Gasteiger partial charge on any atom is 0.256 e. The minimum absolute atomic E-state index is 0.0964. The summed E-state index contributed by atoms with van der Waals surface area (Å²) >= 11 is 0. The Hall–Kier alpha value is -2.98. The number of methoxy groups -OCH3 is 4. The van der Waals surface area contributed by atoms with Gasteiger partial charge in [-0.15, -0.1) is 0 Å². The molecule has 0 N–H and O–H groups in total. The van der Waals surface area contributed by atoms with Crippen molar-refractivity contribution in [3.63, 3.8) is 0 Å². The number of hydrogen-bond donors (Lipinski definition) is 0. The molecule has 4 rings (SSSR count). The second-order valence-electron chi connectivity index (χ2n) is 8.46. The van der Waals surface area contributed by atoms with Crippen LogP contribution in [0.1, 0.15) is 13.3 Å². The van der Waals surface area contributed by atoms with Crippen molar-refractivity contribution in [1.29, 1.82) is 0 Å². The zero-order chi connectivity index (χ0) is 24.8. The van der Waals surface area contributed by atoms with Gasteiger partial charge in [-0.25, -0.2) is 4.68 Å². The lowest BCUT2D eigenvalue weighted by atomic mass is 9.99.